The molecule has 0 heterocycles. The van der Waals surface area contributed by atoms with Crippen LogP contribution >= 0.6 is 26.4 Å². The van der Waals surface area contributed by atoms with Crippen molar-refractivity contribution in [3.8, 4) is 0 Å². The molecule has 0 aromatic heterocycles. The van der Waals surface area contributed by atoms with Gasteiger partial charge in [0.15, 0.2) is 0 Å². The van der Waals surface area contributed by atoms with Gasteiger partial charge in [0.2, 0.25) is 0 Å². The first-order chi connectivity index (χ1) is 1.73. The average molecular weight is 206 g/mol. The van der Waals surface area contributed by atoms with E-state index in [4.69, 9.17) is 11.8 Å². The summed E-state index contributed by atoms with van der Waals surface area (Å²) in [4.78, 5) is 0. The van der Waals surface area contributed by atoms with Crippen LogP contribution in [0.2, 0.25) is 0 Å². The second-order valence-electron chi connectivity index (χ2n) is 0.470. The molecule has 0 aliphatic rings. The van der Waals surface area contributed by atoms with E-state index in [1.807, 2.05) is 0 Å². The fourth-order valence-corrected chi connectivity index (χ4v) is 0. The summed E-state index contributed by atoms with van der Waals surface area (Å²) in [6, 6.07) is 0. The fourth-order valence-electron chi connectivity index (χ4n) is 0. The Morgan fingerprint density at radius 1 is 2.00 bits per heavy atom. The fraction of sp³-hybridized carbons (Fsp3) is 1.00. The zero-order valence-electron chi connectivity index (χ0n) is 2.29. The van der Waals surface area contributed by atoms with Gasteiger partial charge in [0.05, 0.1) is 0 Å². The van der Waals surface area contributed by atoms with Crippen LogP contribution in [-0.4, -0.2) is 6.66 Å². The Morgan fingerprint density at radius 3 is 2.00 bits per heavy atom. The monoisotopic (exact) mass is 206 g/mol. The number of halogens is 1. The van der Waals surface area contributed by atoms with Gasteiger partial charge in [0.1, 0.15) is 0 Å². The summed E-state index contributed by atoms with van der Waals surface area (Å²) in [5.41, 5.74) is 0. The van der Waals surface area contributed by atoms with Gasteiger partial charge in [-0.2, -0.15) is 0 Å². The van der Waals surface area contributed by atoms with Crippen molar-refractivity contribution in [2.75, 3.05) is 6.66 Å². The highest BCUT2D eigenvalue weighted by atomic mass is 127. The molecule has 0 aliphatic carbocycles. The third-order valence-electron chi connectivity index (χ3n) is 0. The van der Waals surface area contributed by atoms with Gasteiger partial charge >= 0.3 is 0 Å². The molecular weight excluding hydrogens is 202 g/mol. The van der Waals surface area contributed by atoms with Crippen LogP contribution in [0.5, 0.6) is 0 Å². The van der Waals surface area contributed by atoms with Gasteiger partial charge in [-0.05, 0) is 33.0 Å². The van der Waals surface area contributed by atoms with Crippen LogP contribution in [-0.2, 0) is 11.8 Å². The maximum atomic E-state index is 4.71. The first-order valence-electron chi connectivity index (χ1n) is 0.893. The molecule has 4 heavy (non-hydrogen) atoms. The van der Waals surface area contributed by atoms with Gasteiger partial charge in [-0.15, -0.1) is 0 Å². The Hall–Kier alpha value is 1.38. The predicted molar refractivity (Wildman–Crippen MR) is 35.6 cm³/mol. The molecule has 0 rings (SSSR count). The Bertz CT molecular complexity index is 31.0. The highest BCUT2D eigenvalue weighted by Crippen LogP contribution is 2.24. The quantitative estimate of drug-likeness (QED) is 0.428. The minimum Gasteiger partial charge on any atom is -0.0900 e. The molecular formula is CH4IPS. The lowest BCUT2D eigenvalue weighted by Gasteiger charge is -1.61. The molecule has 26 valence electrons. The van der Waals surface area contributed by atoms with Gasteiger partial charge in [-0.3, -0.25) is 0 Å². The Morgan fingerprint density at radius 2 is 2.00 bits per heavy atom. The third kappa shape index (κ3) is 10.1. The minimum absolute atomic E-state index is 0.326. The molecule has 1 atom stereocenters. The van der Waals surface area contributed by atoms with Crippen LogP contribution < -0.4 is 0 Å². The number of hydrogen-bond acceptors (Lipinski definition) is 1. The number of hydrogen-bond donors (Lipinski definition) is 0. The Kier molecular flexibility index (Phi) is 3.51. The first kappa shape index (κ1) is 5.38. The van der Waals surface area contributed by atoms with Gasteiger partial charge in [-0.1, -0.05) is 11.8 Å². The van der Waals surface area contributed by atoms with E-state index < -0.39 is 0 Å². The van der Waals surface area contributed by atoms with Crippen molar-refractivity contribution in [1.29, 1.82) is 0 Å². The molecule has 0 aromatic rings. The third-order valence-corrected chi connectivity index (χ3v) is 0. The first-order valence-corrected chi connectivity index (χ1v) is 7.14. The van der Waals surface area contributed by atoms with Gasteiger partial charge in [0, 0.05) is 0 Å². The topological polar surface area (TPSA) is 0 Å². The van der Waals surface area contributed by atoms with Crippen LogP contribution in [0.4, 0.5) is 0 Å². The van der Waals surface area contributed by atoms with Gasteiger partial charge in [0.25, 0.3) is 0 Å². The molecule has 0 saturated carbocycles. The summed E-state index contributed by atoms with van der Waals surface area (Å²) >= 11 is 6.97. The molecule has 0 amide bonds. The molecule has 0 aliphatic heterocycles. The van der Waals surface area contributed by atoms with E-state index in [1.54, 1.807) is 0 Å². The Balaban J connectivity index is 2.80. The van der Waals surface area contributed by atoms with Crippen molar-refractivity contribution in [3.05, 3.63) is 0 Å². The lowest BCUT2D eigenvalue weighted by molar-refractivity contribution is 2.52. The molecule has 0 spiro atoms. The minimum atomic E-state index is -0.326. The highest BCUT2D eigenvalue weighted by Gasteiger charge is 1.56. The smallest absolute Gasteiger partial charge is 0.00184 e. The van der Waals surface area contributed by atoms with E-state index in [0.29, 0.717) is 0 Å². The second kappa shape index (κ2) is 2.61. The molecule has 0 bridgehead atoms. The van der Waals surface area contributed by atoms with Crippen LogP contribution in [0.3, 0.4) is 0 Å². The van der Waals surface area contributed by atoms with Crippen LogP contribution in [0.15, 0.2) is 0 Å². The largest absolute Gasteiger partial charge is 0.0900 e. The zero-order chi connectivity index (χ0) is 3.58. The number of rotatable bonds is 0. The normalized spacial score (nSPS) is 15.5. The second-order valence-corrected chi connectivity index (χ2v) is 10.3. The van der Waals surface area contributed by atoms with E-state index >= 15 is 0 Å². The van der Waals surface area contributed by atoms with Gasteiger partial charge < -0.3 is 0 Å². The molecule has 0 fully saturated rings. The molecule has 0 saturated heterocycles. The maximum Gasteiger partial charge on any atom is -0.00184 e. The van der Waals surface area contributed by atoms with E-state index in [2.05, 4.69) is 28.7 Å². The SMILES string of the molecule is C[PH](=S)I. The van der Waals surface area contributed by atoms with Crippen molar-refractivity contribution < 1.29 is 0 Å². The standard InChI is InChI=1S/CH4IPS/c1-3(2)4/h3H,1H3. The summed E-state index contributed by atoms with van der Waals surface area (Å²) in [6.07, 6.45) is 0. The average Bonchev–Trinajstić information content (AvgIpc) is 0.811. The summed E-state index contributed by atoms with van der Waals surface area (Å²) < 4.78 is -0.326. The van der Waals surface area contributed by atoms with Crippen LogP contribution in [0, 0.1) is 0 Å². The summed E-state index contributed by atoms with van der Waals surface area (Å²) in [6.45, 7) is 2.07. The van der Waals surface area contributed by atoms with Crippen LogP contribution in [0.1, 0.15) is 0 Å². The van der Waals surface area contributed by atoms with E-state index in [9.17, 15) is 0 Å². The molecule has 0 aromatic carbocycles. The lowest BCUT2D eigenvalue weighted by Crippen LogP contribution is -1.14. The maximum absolute atomic E-state index is 4.71. The molecule has 0 N–H and O–H groups in total. The van der Waals surface area contributed by atoms with Crippen molar-refractivity contribution >= 4 is 38.2 Å². The summed E-state index contributed by atoms with van der Waals surface area (Å²) in [5.74, 6) is 0. The van der Waals surface area contributed by atoms with E-state index in [1.165, 1.54) is 0 Å². The summed E-state index contributed by atoms with van der Waals surface area (Å²) in [7, 11) is 0. The van der Waals surface area contributed by atoms with Crippen molar-refractivity contribution in [2.24, 2.45) is 0 Å². The van der Waals surface area contributed by atoms with E-state index in [0.717, 1.165) is 0 Å². The Labute approximate surface area is 44.9 Å². The summed E-state index contributed by atoms with van der Waals surface area (Å²) in [5, 5.41) is 0. The molecule has 0 nitrogen and oxygen atoms in total. The molecule has 3 heteroatoms. The van der Waals surface area contributed by atoms with E-state index in [-0.39, 0.29) is 4.34 Å². The molecule has 0 radical (unpaired) electrons. The van der Waals surface area contributed by atoms with Crippen molar-refractivity contribution in [2.45, 2.75) is 0 Å². The van der Waals surface area contributed by atoms with Crippen molar-refractivity contribution in [3.63, 3.8) is 0 Å². The van der Waals surface area contributed by atoms with Gasteiger partial charge in [-0.25, -0.2) is 0 Å². The molecule has 1 unspecified atom stereocenters. The predicted octanol–water partition coefficient (Wildman–Crippen LogP) is 1.64. The van der Waals surface area contributed by atoms with Crippen LogP contribution in [0.25, 0.3) is 0 Å². The lowest BCUT2D eigenvalue weighted by atomic mass is 12.0. The highest BCUT2D eigenvalue weighted by molar-refractivity contribution is 14.2. The van der Waals surface area contributed by atoms with Crippen molar-refractivity contribution in [1.82, 2.24) is 0 Å². The zero-order valence-corrected chi connectivity index (χ0v) is 6.26.